The van der Waals surface area contributed by atoms with E-state index in [4.69, 9.17) is 10.5 Å². The topological polar surface area (TPSA) is 35.2 Å². The molecule has 0 spiro atoms. The van der Waals surface area contributed by atoms with Crippen molar-refractivity contribution in [1.29, 1.82) is 0 Å². The van der Waals surface area contributed by atoms with Gasteiger partial charge in [0.15, 0.2) is 0 Å². The number of hydrogen-bond acceptors (Lipinski definition) is 3. The molecule has 1 aromatic carbocycles. The van der Waals surface area contributed by atoms with Crippen LogP contribution < -0.4 is 5.73 Å². The van der Waals surface area contributed by atoms with Crippen LogP contribution in [0.3, 0.4) is 0 Å². The second kappa shape index (κ2) is 5.77. The molecule has 0 fully saturated rings. The first-order chi connectivity index (χ1) is 6.65. The molecule has 0 saturated carbocycles. The van der Waals surface area contributed by atoms with E-state index in [1.54, 1.807) is 13.2 Å². The summed E-state index contributed by atoms with van der Waals surface area (Å²) in [5.41, 5.74) is 6.36. The summed E-state index contributed by atoms with van der Waals surface area (Å²) in [6.07, 6.45) is 0. The third-order valence-electron chi connectivity index (χ3n) is 1.60. The number of ether oxygens (including phenoxy) is 1. The summed E-state index contributed by atoms with van der Waals surface area (Å²) in [5, 5.41) is 0. The molecular formula is C9H11FINOS. The van der Waals surface area contributed by atoms with E-state index >= 15 is 0 Å². The average Bonchev–Trinajstić information content (AvgIpc) is 2.14. The van der Waals surface area contributed by atoms with Crippen LogP contribution in [0, 0.1) is 9.39 Å². The van der Waals surface area contributed by atoms with E-state index in [1.165, 1.54) is 17.8 Å². The highest BCUT2D eigenvalue weighted by Crippen LogP contribution is 2.28. The molecule has 2 nitrogen and oxygen atoms in total. The summed E-state index contributed by atoms with van der Waals surface area (Å²) in [6, 6.07) is 3.11. The molecule has 5 heteroatoms. The average molecular weight is 327 g/mol. The molecule has 1 rings (SSSR count). The number of halogens is 2. The van der Waals surface area contributed by atoms with Gasteiger partial charge in [-0.3, -0.25) is 0 Å². The van der Waals surface area contributed by atoms with Gasteiger partial charge in [0.1, 0.15) is 5.82 Å². The lowest BCUT2D eigenvalue weighted by Crippen LogP contribution is -1.96. The second-order valence-electron chi connectivity index (χ2n) is 2.65. The molecule has 0 aliphatic carbocycles. The van der Waals surface area contributed by atoms with Gasteiger partial charge in [0.2, 0.25) is 0 Å². The Morgan fingerprint density at radius 3 is 2.93 bits per heavy atom. The van der Waals surface area contributed by atoms with E-state index in [9.17, 15) is 4.39 Å². The minimum absolute atomic E-state index is 0.222. The molecule has 14 heavy (non-hydrogen) atoms. The van der Waals surface area contributed by atoms with Crippen molar-refractivity contribution in [3.63, 3.8) is 0 Å². The monoisotopic (exact) mass is 327 g/mol. The predicted octanol–water partition coefficient (Wildman–Crippen LogP) is 2.75. The number of nitrogen functional groups attached to an aromatic ring is 1. The Balaban J connectivity index is 2.72. The predicted molar refractivity (Wildman–Crippen MR) is 66.1 cm³/mol. The molecule has 0 aliphatic rings. The van der Waals surface area contributed by atoms with Crippen LogP contribution in [0.5, 0.6) is 0 Å². The molecular weight excluding hydrogens is 316 g/mol. The van der Waals surface area contributed by atoms with Gasteiger partial charge in [-0.05, 0) is 34.7 Å². The van der Waals surface area contributed by atoms with Crippen molar-refractivity contribution in [2.75, 3.05) is 25.2 Å². The minimum atomic E-state index is -0.222. The van der Waals surface area contributed by atoms with Crippen LogP contribution >= 0.6 is 34.4 Å². The van der Waals surface area contributed by atoms with E-state index in [0.717, 1.165) is 10.6 Å². The number of rotatable bonds is 4. The van der Waals surface area contributed by atoms with Crippen molar-refractivity contribution in [2.24, 2.45) is 0 Å². The Bertz CT molecular complexity index is 322. The highest BCUT2D eigenvalue weighted by molar-refractivity contribution is 14.1. The summed E-state index contributed by atoms with van der Waals surface area (Å²) in [7, 11) is 1.64. The molecule has 0 amide bonds. The number of methoxy groups -OCH3 is 1. The lowest BCUT2D eigenvalue weighted by atomic mass is 10.3. The van der Waals surface area contributed by atoms with Crippen LogP contribution in [0.1, 0.15) is 0 Å². The third-order valence-corrected chi connectivity index (χ3v) is 3.46. The maximum absolute atomic E-state index is 13.2. The second-order valence-corrected chi connectivity index (χ2v) is 4.94. The normalized spacial score (nSPS) is 10.5. The van der Waals surface area contributed by atoms with E-state index in [2.05, 4.69) is 0 Å². The van der Waals surface area contributed by atoms with Crippen LogP contribution in [-0.2, 0) is 4.74 Å². The van der Waals surface area contributed by atoms with Gasteiger partial charge in [-0.1, -0.05) is 0 Å². The molecule has 1 aromatic rings. The Hall–Kier alpha value is -0.0100. The Morgan fingerprint density at radius 1 is 1.57 bits per heavy atom. The van der Waals surface area contributed by atoms with E-state index in [-0.39, 0.29) is 5.82 Å². The number of nitrogens with two attached hydrogens (primary N) is 1. The van der Waals surface area contributed by atoms with Crippen LogP contribution in [-0.4, -0.2) is 19.5 Å². The summed E-state index contributed by atoms with van der Waals surface area (Å²) in [5.74, 6) is 0.556. The van der Waals surface area contributed by atoms with Crippen LogP contribution in [0.15, 0.2) is 17.0 Å². The fourth-order valence-electron chi connectivity index (χ4n) is 0.904. The van der Waals surface area contributed by atoms with E-state index in [1.807, 2.05) is 22.6 Å². The first-order valence-corrected chi connectivity index (χ1v) is 6.08. The zero-order valence-corrected chi connectivity index (χ0v) is 10.7. The van der Waals surface area contributed by atoms with Gasteiger partial charge < -0.3 is 10.5 Å². The molecule has 0 atom stereocenters. The zero-order chi connectivity index (χ0) is 10.6. The largest absolute Gasteiger partial charge is 0.398 e. The summed E-state index contributed by atoms with van der Waals surface area (Å²) < 4.78 is 18.6. The van der Waals surface area contributed by atoms with Crippen LogP contribution in [0.25, 0.3) is 0 Å². The Morgan fingerprint density at radius 2 is 2.29 bits per heavy atom. The van der Waals surface area contributed by atoms with Crippen molar-refractivity contribution >= 4 is 40.0 Å². The van der Waals surface area contributed by atoms with Gasteiger partial charge in [-0.25, -0.2) is 4.39 Å². The molecule has 2 N–H and O–H groups in total. The molecule has 78 valence electrons. The molecule has 0 saturated heterocycles. The fraction of sp³-hybridized carbons (Fsp3) is 0.333. The van der Waals surface area contributed by atoms with Crippen molar-refractivity contribution in [3.8, 4) is 0 Å². The third kappa shape index (κ3) is 3.29. The maximum Gasteiger partial charge on any atom is 0.137 e. The van der Waals surface area contributed by atoms with Gasteiger partial charge in [0.05, 0.1) is 10.2 Å². The highest BCUT2D eigenvalue weighted by atomic mass is 127. The van der Waals surface area contributed by atoms with Gasteiger partial charge in [0.25, 0.3) is 0 Å². The van der Waals surface area contributed by atoms with Gasteiger partial charge in [-0.15, -0.1) is 11.8 Å². The first kappa shape index (κ1) is 12.1. The summed E-state index contributed by atoms with van der Waals surface area (Å²) >= 11 is 3.42. The summed E-state index contributed by atoms with van der Waals surface area (Å²) in [6.45, 7) is 0.637. The molecule has 0 bridgehead atoms. The fourth-order valence-corrected chi connectivity index (χ4v) is 2.28. The zero-order valence-electron chi connectivity index (χ0n) is 7.72. The Labute approximate surface area is 101 Å². The number of anilines is 1. The Kier molecular flexibility index (Phi) is 4.97. The van der Waals surface area contributed by atoms with Crippen LogP contribution in [0.2, 0.25) is 0 Å². The number of benzene rings is 1. The smallest absolute Gasteiger partial charge is 0.137 e. The van der Waals surface area contributed by atoms with Crippen molar-refractivity contribution < 1.29 is 9.13 Å². The molecule has 0 aliphatic heterocycles. The highest BCUT2D eigenvalue weighted by Gasteiger charge is 2.05. The lowest BCUT2D eigenvalue weighted by molar-refractivity contribution is 0.218. The standard InChI is InChI=1S/C9H11FINOS/c1-13-2-3-14-9-4-6(10)7(11)5-8(9)12/h4-5H,2-3,12H2,1H3. The van der Waals surface area contributed by atoms with E-state index < -0.39 is 0 Å². The van der Waals surface area contributed by atoms with Crippen molar-refractivity contribution in [2.45, 2.75) is 4.90 Å². The number of hydrogen-bond donors (Lipinski definition) is 1. The molecule has 0 heterocycles. The molecule has 0 aromatic heterocycles. The van der Waals surface area contributed by atoms with Gasteiger partial charge in [-0.2, -0.15) is 0 Å². The lowest BCUT2D eigenvalue weighted by Gasteiger charge is -2.06. The van der Waals surface area contributed by atoms with Crippen molar-refractivity contribution in [3.05, 3.63) is 21.5 Å². The molecule has 0 unspecified atom stereocenters. The minimum Gasteiger partial charge on any atom is -0.398 e. The van der Waals surface area contributed by atoms with Crippen LogP contribution in [0.4, 0.5) is 10.1 Å². The maximum atomic E-state index is 13.2. The van der Waals surface area contributed by atoms with Crippen molar-refractivity contribution in [1.82, 2.24) is 0 Å². The first-order valence-electron chi connectivity index (χ1n) is 4.01. The van der Waals surface area contributed by atoms with Gasteiger partial charge >= 0.3 is 0 Å². The number of thioether (sulfide) groups is 1. The summed E-state index contributed by atoms with van der Waals surface area (Å²) in [4.78, 5) is 0.778. The van der Waals surface area contributed by atoms with Gasteiger partial charge in [0, 0.05) is 23.4 Å². The van der Waals surface area contributed by atoms with E-state index in [0.29, 0.717) is 15.9 Å². The quantitative estimate of drug-likeness (QED) is 0.400. The molecule has 0 radical (unpaired) electrons. The SMILES string of the molecule is COCCSc1cc(F)c(I)cc1N.